The van der Waals surface area contributed by atoms with Gasteiger partial charge in [-0.05, 0) is 34.7 Å². The topological polar surface area (TPSA) is 64.6 Å². The van der Waals surface area contributed by atoms with Gasteiger partial charge in [-0.2, -0.15) is 0 Å². The SMILES string of the molecule is COC(=O)c1ccc(CNC(=O)COc2ccccc2C(C)(C)C)cc1. The summed E-state index contributed by atoms with van der Waals surface area (Å²) in [6.45, 7) is 6.63. The molecule has 0 bridgehead atoms. The van der Waals surface area contributed by atoms with Crippen LogP contribution in [-0.2, 0) is 21.5 Å². The van der Waals surface area contributed by atoms with Crippen molar-refractivity contribution < 1.29 is 19.1 Å². The Hall–Kier alpha value is -2.82. The number of methoxy groups -OCH3 is 1. The number of benzene rings is 2. The molecule has 0 aromatic heterocycles. The lowest BCUT2D eigenvalue weighted by Gasteiger charge is -2.22. The molecule has 0 spiro atoms. The molecule has 1 N–H and O–H groups in total. The van der Waals surface area contributed by atoms with Gasteiger partial charge in [0.05, 0.1) is 12.7 Å². The van der Waals surface area contributed by atoms with Crippen LogP contribution in [0.1, 0.15) is 42.3 Å². The van der Waals surface area contributed by atoms with Crippen LogP contribution >= 0.6 is 0 Å². The number of carbonyl (C=O) groups excluding carboxylic acids is 2. The summed E-state index contributed by atoms with van der Waals surface area (Å²) in [7, 11) is 1.34. The first kappa shape index (κ1) is 19.5. The number of rotatable bonds is 6. The summed E-state index contributed by atoms with van der Waals surface area (Å²) in [5.74, 6) is 0.134. The summed E-state index contributed by atoms with van der Waals surface area (Å²) >= 11 is 0. The summed E-state index contributed by atoms with van der Waals surface area (Å²) in [4.78, 5) is 23.5. The third kappa shape index (κ3) is 5.34. The molecular formula is C21H25NO4. The number of hydrogen-bond donors (Lipinski definition) is 1. The van der Waals surface area contributed by atoms with Crippen molar-refractivity contribution in [2.75, 3.05) is 13.7 Å². The number of amides is 1. The van der Waals surface area contributed by atoms with E-state index in [0.29, 0.717) is 12.1 Å². The Balaban J connectivity index is 1.87. The largest absolute Gasteiger partial charge is 0.483 e. The number of carbonyl (C=O) groups is 2. The highest BCUT2D eigenvalue weighted by atomic mass is 16.5. The molecule has 0 saturated carbocycles. The highest BCUT2D eigenvalue weighted by molar-refractivity contribution is 5.89. The van der Waals surface area contributed by atoms with E-state index in [1.54, 1.807) is 24.3 Å². The molecule has 26 heavy (non-hydrogen) atoms. The first-order chi connectivity index (χ1) is 12.3. The molecular weight excluding hydrogens is 330 g/mol. The summed E-state index contributed by atoms with van der Waals surface area (Å²) in [5.41, 5.74) is 2.37. The van der Waals surface area contributed by atoms with E-state index in [1.807, 2.05) is 24.3 Å². The zero-order valence-electron chi connectivity index (χ0n) is 15.7. The van der Waals surface area contributed by atoms with Gasteiger partial charge in [0.25, 0.3) is 5.91 Å². The molecule has 1 amide bonds. The Labute approximate surface area is 154 Å². The van der Waals surface area contributed by atoms with Crippen molar-refractivity contribution in [3.05, 3.63) is 65.2 Å². The van der Waals surface area contributed by atoms with Gasteiger partial charge in [-0.1, -0.05) is 51.1 Å². The number of ether oxygens (including phenoxy) is 2. The maximum Gasteiger partial charge on any atom is 0.337 e. The van der Waals surface area contributed by atoms with Crippen LogP contribution in [0.4, 0.5) is 0 Å². The highest BCUT2D eigenvalue weighted by Gasteiger charge is 2.18. The molecule has 0 heterocycles. The van der Waals surface area contributed by atoms with Crippen LogP contribution < -0.4 is 10.1 Å². The first-order valence-corrected chi connectivity index (χ1v) is 8.47. The van der Waals surface area contributed by atoms with Crippen molar-refractivity contribution >= 4 is 11.9 Å². The van der Waals surface area contributed by atoms with E-state index >= 15 is 0 Å². The van der Waals surface area contributed by atoms with Gasteiger partial charge in [0, 0.05) is 6.54 Å². The Morgan fingerprint density at radius 1 is 1.00 bits per heavy atom. The molecule has 5 heteroatoms. The van der Waals surface area contributed by atoms with Crippen molar-refractivity contribution in [3.8, 4) is 5.75 Å². The Morgan fingerprint density at radius 3 is 2.27 bits per heavy atom. The van der Waals surface area contributed by atoms with Gasteiger partial charge in [0.1, 0.15) is 5.75 Å². The van der Waals surface area contributed by atoms with E-state index in [9.17, 15) is 9.59 Å². The molecule has 138 valence electrons. The monoisotopic (exact) mass is 355 g/mol. The second-order valence-corrected chi connectivity index (χ2v) is 7.00. The van der Waals surface area contributed by atoms with Crippen molar-refractivity contribution in [3.63, 3.8) is 0 Å². The van der Waals surface area contributed by atoms with Gasteiger partial charge in [-0.25, -0.2) is 4.79 Å². The number of nitrogens with one attached hydrogen (secondary N) is 1. The molecule has 0 aliphatic rings. The molecule has 0 saturated heterocycles. The molecule has 0 fully saturated rings. The van der Waals surface area contributed by atoms with Crippen LogP contribution in [0.15, 0.2) is 48.5 Å². The zero-order valence-corrected chi connectivity index (χ0v) is 15.7. The predicted octanol–water partition coefficient (Wildman–Crippen LogP) is 3.47. The molecule has 2 aromatic carbocycles. The van der Waals surface area contributed by atoms with E-state index in [2.05, 4.69) is 30.8 Å². The third-order valence-corrected chi connectivity index (χ3v) is 3.92. The molecule has 0 radical (unpaired) electrons. The Morgan fingerprint density at radius 2 is 1.65 bits per heavy atom. The summed E-state index contributed by atoms with van der Waals surface area (Å²) in [6.07, 6.45) is 0. The quantitative estimate of drug-likeness (QED) is 0.806. The molecule has 0 unspecified atom stereocenters. The lowest BCUT2D eigenvalue weighted by Crippen LogP contribution is -2.29. The molecule has 2 rings (SSSR count). The maximum absolute atomic E-state index is 12.1. The summed E-state index contributed by atoms with van der Waals surface area (Å²) < 4.78 is 10.4. The van der Waals surface area contributed by atoms with E-state index < -0.39 is 0 Å². The van der Waals surface area contributed by atoms with Crippen LogP contribution in [0.2, 0.25) is 0 Å². The second-order valence-electron chi connectivity index (χ2n) is 7.00. The van der Waals surface area contributed by atoms with E-state index in [4.69, 9.17) is 4.74 Å². The lowest BCUT2D eigenvalue weighted by atomic mass is 9.86. The average Bonchev–Trinajstić information content (AvgIpc) is 2.64. The lowest BCUT2D eigenvalue weighted by molar-refractivity contribution is -0.123. The fraction of sp³-hybridized carbons (Fsp3) is 0.333. The average molecular weight is 355 g/mol. The zero-order chi connectivity index (χ0) is 19.2. The first-order valence-electron chi connectivity index (χ1n) is 8.47. The Bertz CT molecular complexity index is 760. The number of hydrogen-bond acceptors (Lipinski definition) is 4. The molecule has 5 nitrogen and oxygen atoms in total. The fourth-order valence-electron chi connectivity index (χ4n) is 2.48. The molecule has 0 aliphatic carbocycles. The van der Waals surface area contributed by atoms with Gasteiger partial charge >= 0.3 is 5.97 Å². The number of esters is 1. The standard InChI is InChI=1S/C21H25NO4/c1-21(2,3)17-7-5-6-8-18(17)26-14-19(23)22-13-15-9-11-16(12-10-15)20(24)25-4/h5-12H,13-14H2,1-4H3,(H,22,23). The van der Waals surface area contributed by atoms with Crippen LogP contribution in [0, 0.1) is 0 Å². The minimum absolute atomic E-state index is 0.0483. The summed E-state index contributed by atoms with van der Waals surface area (Å²) in [6, 6.07) is 14.6. The predicted molar refractivity (Wildman–Crippen MR) is 100 cm³/mol. The van der Waals surface area contributed by atoms with Crippen LogP contribution in [-0.4, -0.2) is 25.6 Å². The van der Waals surface area contributed by atoms with E-state index in [0.717, 1.165) is 16.9 Å². The van der Waals surface area contributed by atoms with Gasteiger partial charge in [0.2, 0.25) is 0 Å². The number of para-hydroxylation sites is 1. The molecule has 0 aliphatic heterocycles. The van der Waals surface area contributed by atoms with Gasteiger partial charge in [-0.15, -0.1) is 0 Å². The fourth-order valence-corrected chi connectivity index (χ4v) is 2.48. The smallest absolute Gasteiger partial charge is 0.337 e. The van der Waals surface area contributed by atoms with Crippen LogP contribution in [0.3, 0.4) is 0 Å². The third-order valence-electron chi connectivity index (χ3n) is 3.92. The molecule has 2 aromatic rings. The normalized spacial score (nSPS) is 10.9. The van der Waals surface area contributed by atoms with Crippen molar-refractivity contribution in [2.24, 2.45) is 0 Å². The van der Waals surface area contributed by atoms with E-state index in [-0.39, 0.29) is 23.9 Å². The van der Waals surface area contributed by atoms with Crippen molar-refractivity contribution in [1.82, 2.24) is 5.32 Å². The second kappa shape index (κ2) is 8.52. The molecule has 0 atom stereocenters. The van der Waals surface area contributed by atoms with E-state index in [1.165, 1.54) is 7.11 Å². The Kier molecular flexibility index (Phi) is 6.39. The van der Waals surface area contributed by atoms with Crippen molar-refractivity contribution in [1.29, 1.82) is 0 Å². The van der Waals surface area contributed by atoms with Crippen LogP contribution in [0.5, 0.6) is 5.75 Å². The summed E-state index contributed by atoms with van der Waals surface area (Å²) in [5, 5.41) is 2.81. The van der Waals surface area contributed by atoms with Crippen molar-refractivity contribution in [2.45, 2.75) is 32.7 Å². The van der Waals surface area contributed by atoms with Crippen LogP contribution in [0.25, 0.3) is 0 Å². The minimum atomic E-state index is -0.383. The van der Waals surface area contributed by atoms with Gasteiger partial charge in [-0.3, -0.25) is 4.79 Å². The minimum Gasteiger partial charge on any atom is -0.483 e. The van der Waals surface area contributed by atoms with Gasteiger partial charge in [0.15, 0.2) is 6.61 Å². The maximum atomic E-state index is 12.1. The highest BCUT2D eigenvalue weighted by Crippen LogP contribution is 2.30. The van der Waals surface area contributed by atoms with Gasteiger partial charge < -0.3 is 14.8 Å².